The lowest BCUT2D eigenvalue weighted by molar-refractivity contribution is -0.168. The fourth-order valence-corrected chi connectivity index (χ4v) is 4.68. The second kappa shape index (κ2) is 6.71. The molecule has 2 aliphatic heterocycles. The predicted molar refractivity (Wildman–Crippen MR) is 101 cm³/mol. The van der Waals surface area contributed by atoms with Crippen molar-refractivity contribution in [3.05, 3.63) is 65.6 Å². The average Bonchev–Trinajstić information content (AvgIpc) is 3.09. The summed E-state index contributed by atoms with van der Waals surface area (Å²) in [5.74, 6) is -0.373. The van der Waals surface area contributed by atoms with Gasteiger partial charge in [0.2, 0.25) is 5.91 Å². The Morgan fingerprint density at radius 1 is 1.18 bits per heavy atom. The SMILES string of the molecule is O=C(Cc1noc2ccc(F)cc12)N1CC2(CCOCC2)[C@H]1c1ccccc1. The number of benzene rings is 2. The highest BCUT2D eigenvalue weighted by molar-refractivity contribution is 5.87. The maximum absolute atomic E-state index is 13.6. The Hall–Kier alpha value is -2.73. The van der Waals surface area contributed by atoms with Gasteiger partial charge in [-0.25, -0.2) is 4.39 Å². The van der Waals surface area contributed by atoms with Gasteiger partial charge >= 0.3 is 0 Å². The standard InChI is InChI=1S/C22H21FN2O3/c23-16-6-7-19-17(12-16)18(24-28-19)13-20(26)25-14-22(8-10-27-11-9-22)21(25)15-4-2-1-3-5-15/h1-7,12,21H,8-11,13-14H2/t21-/m1/s1. The van der Waals surface area contributed by atoms with Crippen LogP contribution in [0.2, 0.25) is 0 Å². The minimum Gasteiger partial charge on any atom is -0.381 e. The van der Waals surface area contributed by atoms with Crippen molar-refractivity contribution < 1.29 is 18.4 Å². The van der Waals surface area contributed by atoms with E-state index in [1.54, 1.807) is 6.07 Å². The summed E-state index contributed by atoms with van der Waals surface area (Å²) in [4.78, 5) is 15.1. The first kappa shape index (κ1) is 17.4. The molecule has 0 radical (unpaired) electrons. The zero-order valence-electron chi connectivity index (χ0n) is 15.4. The number of carbonyl (C=O) groups is 1. The first-order valence-electron chi connectivity index (χ1n) is 9.62. The molecule has 1 spiro atoms. The number of hydrogen-bond donors (Lipinski definition) is 0. The van der Waals surface area contributed by atoms with Crippen molar-refractivity contribution in [2.75, 3.05) is 19.8 Å². The number of amides is 1. The maximum atomic E-state index is 13.6. The highest BCUT2D eigenvalue weighted by Crippen LogP contribution is 2.54. The number of hydrogen-bond acceptors (Lipinski definition) is 4. The molecule has 5 nitrogen and oxygen atoms in total. The van der Waals surface area contributed by atoms with Crippen LogP contribution in [0, 0.1) is 11.2 Å². The van der Waals surface area contributed by atoms with E-state index in [4.69, 9.17) is 9.26 Å². The van der Waals surface area contributed by atoms with E-state index in [1.807, 2.05) is 23.1 Å². The van der Waals surface area contributed by atoms with E-state index >= 15 is 0 Å². The Balaban J connectivity index is 1.43. The molecule has 2 aromatic carbocycles. The number of nitrogens with zero attached hydrogens (tertiary/aromatic N) is 2. The zero-order valence-corrected chi connectivity index (χ0v) is 15.4. The molecule has 1 amide bonds. The van der Waals surface area contributed by atoms with Crippen LogP contribution >= 0.6 is 0 Å². The summed E-state index contributed by atoms with van der Waals surface area (Å²) in [6.07, 6.45) is 2.01. The van der Waals surface area contributed by atoms with Gasteiger partial charge in [-0.15, -0.1) is 0 Å². The van der Waals surface area contributed by atoms with Gasteiger partial charge in [0.25, 0.3) is 0 Å². The molecule has 2 fully saturated rings. The Kier molecular flexibility index (Phi) is 4.16. The van der Waals surface area contributed by atoms with Crippen molar-refractivity contribution in [2.24, 2.45) is 5.41 Å². The molecule has 0 saturated carbocycles. The van der Waals surface area contributed by atoms with Gasteiger partial charge in [0.1, 0.15) is 11.5 Å². The van der Waals surface area contributed by atoms with Crippen molar-refractivity contribution in [3.8, 4) is 0 Å². The largest absolute Gasteiger partial charge is 0.381 e. The Labute approximate surface area is 162 Å². The van der Waals surface area contributed by atoms with Crippen LogP contribution in [0.25, 0.3) is 11.0 Å². The van der Waals surface area contributed by atoms with Crippen LogP contribution < -0.4 is 0 Å². The molecular formula is C22H21FN2O3. The van der Waals surface area contributed by atoms with Crippen LogP contribution in [0.1, 0.15) is 30.1 Å². The molecule has 0 aliphatic carbocycles. The third-order valence-electron chi connectivity index (χ3n) is 6.13. The van der Waals surface area contributed by atoms with E-state index in [0.717, 1.165) is 38.2 Å². The van der Waals surface area contributed by atoms with Gasteiger partial charge in [-0.05, 0) is 36.6 Å². The summed E-state index contributed by atoms with van der Waals surface area (Å²) in [6.45, 7) is 2.19. The van der Waals surface area contributed by atoms with Crippen LogP contribution in [0.3, 0.4) is 0 Å². The number of aromatic nitrogens is 1. The lowest BCUT2D eigenvalue weighted by Gasteiger charge is -2.59. The number of halogens is 1. The summed E-state index contributed by atoms with van der Waals surface area (Å²) < 4.78 is 24.4. The Morgan fingerprint density at radius 3 is 2.75 bits per heavy atom. The molecule has 5 rings (SSSR count). The molecule has 2 aliphatic rings. The van der Waals surface area contributed by atoms with Crippen LogP contribution in [0.5, 0.6) is 0 Å². The van der Waals surface area contributed by atoms with E-state index in [1.165, 1.54) is 12.1 Å². The number of likely N-dealkylation sites (tertiary alicyclic amines) is 1. The molecule has 144 valence electrons. The van der Waals surface area contributed by atoms with Gasteiger partial charge < -0.3 is 14.2 Å². The average molecular weight is 380 g/mol. The van der Waals surface area contributed by atoms with Crippen LogP contribution in [0.15, 0.2) is 53.1 Å². The van der Waals surface area contributed by atoms with E-state index in [2.05, 4.69) is 17.3 Å². The lowest BCUT2D eigenvalue weighted by atomic mass is 9.64. The monoisotopic (exact) mass is 380 g/mol. The van der Waals surface area contributed by atoms with Crippen LogP contribution in [0.4, 0.5) is 4.39 Å². The Bertz CT molecular complexity index is 1010. The van der Waals surface area contributed by atoms with Gasteiger partial charge in [0.15, 0.2) is 5.58 Å². The summed E-state index contributed by atoms with van der Waals surface area (Å²) >= 11 is 0. The van der Waals surface area contributed by atoms with Crippen molar-refractivity contribution in [1.82, 2.24) is 10.1 Å². The van der Waals surface area contributed by atoms with Crippen LogP contribution in [-0.4, -0.2) is 35.7 Å². The second-order valence-electron chi connectivity index (χ2n) is 7.76. The van der Waals surface area contributed by atoms with E-state index in [0.29, 0.717) is 16.7 Å². The molecule has 28 heavy (non-hydrogen) atoms. The predicted octanol–water partition coefficient (Wildman–Crippen LogP) is 3.89. The Morgan fingerprint density at radius 2 is 1.96 bits per heavy atom. The summed E-state index contributed by atoms with van der Waals surface area (Å²) in [5, 5.41) is 4.57. The highest BCUT2D eigenvalue weighted by atomic mass is 19.1. The summed E-state index contributed by atoms with van der Waals surface area (Å²) in [5.41, 5.74) is 2.21. The topological polar surface area (TPSA) is 55.6 Å². The van der Waals surface area contributed by atoms with Gasteiger partial charge in [0.05, 0.1) is 12.5 Å². The second-order valence-corrected chi connectivity index (χ2v) is 7.76. The molecule has 1 atom stereocenters. The molecule has 6 heteroatoms. The molecule has 1 aromatic heterocycles. The highest BCUT2D eigenvalue weighted by Gasteiger charge is 2.55. The summed E-state index contributed by atoms with van der Waals surface area (Å²) in [7, 11) is 0. The van der Waals surface area contributed by atoms with Crippen molar-refractivity contribution >= 4 is 16.9 Å². The van der Waals surface area contributed by atoms with Crippen molar-refractivity contribution in [1.29, 1.82) is 0 Å². The quantitative estimate of drug-likeness (QED) is 0.692. The molecular weight excluding hydrogens is 359 g/mol. The summed E-state index contributed by atoms with van der Waals surface area (Å²) in [6, 6.07) is 14.5. The van der Waals surface area contributed by atoms with Gasteiger partial charge in [0, 0.05) is 30.6 Å². The number of fused-ring (bicyclic) bond motifs is 1. The van der Waals surface area contributed by atoms with Gasteiger partial charge in [-0.2, -0.15) is 0 Å². The molecule has 0 N–H and O–H groups in total. The van der Waals surface area contributed by atoms with Crippen molar-refractivity contribution in [3.63, 3.8) is 0 Å². The number of carbonyl (C=O) groups excluding carboxylic acids is 1. The van der Waals surface area contributed by atoms with E-state index in [-0.39, 0.29) is 29.6 Å². The normalized spacial score (nSPS) is 21.0. The van der Waals surface area contributed by atoms with E-state index in [9.17, 15) is 9.18 Å². The first-order valence-corrected chi connectivity index (χ1v) is 9.62. The fourth-order valence-electron chi connectivity index (χ4n) is 4.68. The maximum Gasteiger partial charge on any atom is 0.229 e. The van der Waals surface area contributed by atoms with Gasteiger partial charge in [-0.1, -0.05) is 35.5 Å². The van der Waals surface area contributed by atoms with Crippen molar-refractivity contribution in [2.45, 2.75) is 25.3 Å². The zero-order chi connectivity index (χ0) is 19.1. The molecule has 3 aromatic rings. The molecule has 0 bridgehead atoms. The number of rotatable bonds is 3. The third-order valence-corrected chi connectivity index (χ3v) is 6.13. The third kappa shape index (κ3) is 2.79. The minimum absolute atomic E-state index is 0.00886. The van der Waals surface area contributed by atoms with E-state index < -0.39 is 0 Å². The molecule has 0 unspecified atom stereocenters. The lowest BCUT2D eigenvalue weighted by Crippen LogP contribution is -2.62. The fraction of sp³-hybridized carbons (Fsp3) is 0.364. The molecule has 3 heterocycles. The number of ether oxygens (including phenoxy) is 1. The first-order chi connectivity index (χ1) is 13.7. The smallest absolute Gasteiger partial charge is 0.229 e. The van der Waals surface area contributed by atoms with Crippen LogP contribution in [-0.2, 0) is 16.0 Å². The molecule has 2 saturated heterocycles. The van der Waals surface area contributed by atoms with Gasteiger partial charge in [-0.3, -0.25) is 4.79 Å². The minimum atomic E-state index is -0.364.